The molecule has 16 heavy (non-hydrogen) atoms. The van der Waals surface area contributed by atoms with E-state index >= 15 is 0 Å². The number of carbonyl (C=O) groups is 1. The van der Waals surface area contributed by atoms with Gasteiger partial charge in [-0.2, -0.15) is 0 Å². The average Bonchev–Trinajstić information content (AvgIpc) is 2.35. The van der Waals surface area contributed by atoms with Crippen LogP contribution in [0.1, 0.15) is 5.56 Å². The Kier molecular flexibility index (Phi) is 3.41. The van der Waals surface area contributed by atoms with Crippen molar-refractivity contribution in [2.24, 2.45) is 11.7 Å². The van der Waals surface area contributed by atoms with E-state index in [2.05, 4.69) is 16.7 Å². The lowest BCUT2D eigenvalue weighted by atomic mass is 9.93. The quantitative estimate of drug-likeness (QED) is 0.687. The summed E-state index contributed by atoms with van der Waals surface area (Å²) in [5, 5.41) is 6.11. The molecule has 1 unspecified atom stereocenters. The minimum absolute atomic E-state index is 0.0152. The standard InChI is InChI=1S/C12H17N3O/c13-5-6-14-12(16)10-7-9-3-1-2-4-11(9)15-8-10/h1-4,10,15H,5-8,13H2,(H,14,16). The van der Waals surface area contributed by atoms with Crippen molar-refractivity contribution in [3.8, 4) is 0 Å². The van der Waals surface area contributed by atoms with Gasteiger partial charge in [0, 0.05) is 25.3 Å². The first-order chi connectivity index (χ1) is 7.81. The molecule has 1 aliphatic heterocycles. The maximum Gasteiger partial charge on any atom is 0.225 e. The molecule has 0 radical (unpaired) electrons. The highest BCUT2D eigenvalue weighted by Crippen LogP contribution is 2.24. The van der Waals surface area contributed by atoms with Crippen LogP contribution in [0.5, 0.6) is 0 Å². The molecule has 4 N–H and O–H groups in total. The molecule has 1 aromatic carbocycles. The summed E-state index contributed by atoms with van der Waals surface area (Å²) in [5.74, 6) is 0.105. The van der Waals surface area contributed by atoms with Crippen LogP contribution < -0.4 is 16.4 Å². The van der Waals surface area contributed by atoms with E-state index in [0.29, 0.717) is 19.6 Å². The Hall–Kier alpha value is -1.55. The summed E-state index contributed by atoms with van der Waals surface area (Å²) in [6.07, 6.45) is 0.805. The number of nitrogens with two attached hydrogens (primary N) is 1. The molecule has 0 saturated carbocycles. The van der Waals surface area contributed by atoms with Crippen LogP contribution in [0.4, 0.5) is 5.69 Å². The van der Waals surface area contributed by atoms with Crippen LogP contribution in [0.25, 0.3) is 0 Å². The van der Waals surface area contributed by atoms with Gasteiger partial charge in [0.1, 0.15) is 0 Å². The van der Waals surface area contributed by atoms with Crippen LogP contribution in [0.15, 0.2) is 24.3 Å². The predicted octanol–water partition coefficient (Wildman–Crippen LogP) is 0.346. The zero-order chi connectivity index (χ0) is 11.4. The Labute approximate surface area is 95.2 Å². The molecule has 0 spiro atoms. The molecule has 86 valence electrons. The van der Waals surface area contributed by atoms with Gasteiger partial charge in [0.2, 0.25) is 5.91 Å². The smallest absolute Gasteiger partial charge is 0.225 e. The van der Waals surface area contributed by atoms with Crippen molar-refractivity contribution in [3.05, 3.63) is 29.8 Å². The molecule has 1 amide bonds. The number of carbonyl (C=O) groups excluding carboxylic acids is 1. The van der Waals surface area contributed by atoms with E-state index in [0.717, 1.165) is 12.1 Å². The molecule has 4 heteroatoms. The molecular weight excluding hydrogens is 202 g/mol. The molecule has 1 heterocycles. The Morgan fingerprint density at radius 3 is 3.12 bits per heavy atom. The van der Waals surface area contributed by atoms with Crippen LogP contribution in [0.3, 0.4) is 0 Å². The number of para-hydroxylation sites is 1. The third-order valence-electron chi connectivity index (χ3n) is 2.84. The largest absolute Gasteiger partial charge is 0.384 e. The van der Waals surface area contributed by atoms with Gasteiger partial charge in [0.05, 0.1) is 5.92 Å². The Bertz CT molecular complexity index is 378. The second-order valence-corrected chi connectivity index (χ2v) is 4.02. The zero-order valence-electron chi connectivity index (χ0n) is 9.20. The first-order valence-corrected chi connectivity index (χ1v) is 5.61. The summed E-state index contributed by atoms with van der Waals surface area (Å²) in [4.78, 5) is 11.8. The fraction of sp³-hybridized carbons (Fsp3) is 0.417. The summed E-state index contributed by atoms with van der Waals surface area (Å²) in [6, 6.07) is 8.11. The molecule has 0 aliphatic carbocycles. The third-order valence-corrected chi connectivity index (χ3v) is 2.84. The van der Waals surface area contributed by atoms with Crippen molar-refractivity contribution in [1.82, 2.24) is 5.32 Å². The highest BCUT2D eigenvalue weighted by atomic mass is 16.1. The fourth-order valence-corrected chi connectivity index (χ4v) is 1.97. The van der Waals surface area contributed by atoms with E-state index in [1.54, 1.807) is 0 Å². The third kappa shape index (κ3) is 2.33. The van der Waals surface area contributed by atoms with Crippen molar-refractivity contribution >= 4 is 11.6 Å². The summed E-state index contributed by atoms with van der Waals surface area (Å²) in [5.41, 5.74) is 7.71. The average molecular weight is 219 g/mol. The highest BCUT2D eigenvalue weighted by molar-refractivity contribution is 5.80. The number of nitrogens with one attached hydrogen (secondary N) is 2. The zero-order valence-corrected chi connectivity index (χ0v) is 9.20. The lowest BCUT2D eigenvalue weighted by Crippen LogP contribution is -2.40. The maximum absolute atomic E-state index is 11.8. The Morgan fingerprint density at radius 1 is 1.50 bits per heavy atom. The monoisotopic (exact) mass is 219 g/mol. The summed E-state index contributed by atoms with van der Waals surface area (Å²) >= 11 is 0. The molecule has 0 aromatic heterocycles. The summed E-state index contributed by atoms with van der Waals surface area (Å²) < 4.78 is 0. The van der Waals surface area contributed by atoms with E-state index in [4.69, 9.17) is 5.73 Å². The van der Waals surface area contributed by atoms with E-state index < -0.39 is 0 Å². The molecule has 0 saturated heterocycles. The summed E-state index contributed by atoms with van der Waals surface area (Å²) in [6.45, 7) is 1.74. The molecular formula is C12H17N3O. The highest BCUT2D eigenvalue weighted by Gasteiger charge is 2.23. The predicted molar refractivity (Wildman–Crippen MR) is 64.2 cm³/mol. The second-order valence-electron chi connectivity index (χ2n) is 4.02. The number of anilines is 1. The van der Waals surface area contributed by atoms with Crippen molar-refractivity contribution in [2.45, 2.75) is 6.42 Å². The summed E-state index contributed by atoms with van der Waals surface area (Å²) in [7, 11) is 0. The topological polar surface area (TPSA) is 67.1 Å². The first-order valence-electron chi connectivity index (χ1n) is 5.61. The van der Waals surface area contributed by atoms with Crippen molar-refractivity contribution in [2.75, 3.05) is 25.0 Å². The Morgan fingerprint density at radius 2 is 2.31 bits per heavy atom. The van der Waals surface area contributed by atoms with Gasteiger partial charge in [-0.3, -0.25) is 4.79 Å². The second kappa shape index (κ2) is 4.99. The number of fused-ring (bicyclic) bond motifs is 1. The van der Waals surface area contributed by atoms with Crippen LogP contribution in [-0.2, 0) is 11.2 Å². The van der Waals surface area contributed by atoms with Gasteiger partial charge in [0.15, 0.2) is 0 Å². The fourth-order valence-electron chi connectivity index (χ4n) is 1.97. The van der Waals surface area contributed by atoms with Crippen LogP contribution in [-0.4, -0.2) is 25.5 Å². The van der Waals surface area contributed by atoms with Gasteiger partial charge in [-0.1, -0.05) is 18.2 Å². The number of amides is 1. The van der Waals surface area contributed by atoms with E-state index in [9.17, 15) is 4.79 Å². The van der Waals surface area contributed by atoms with Crippen molar-refractivity contribution in [3.63, 3.8) is 0 Å². The van der Waals surface area contributed by atoms with Gasteiger partial charge >= 0.3 is 0 Å². The lowest BCUT2D eigenvalue weighted by Gasteiger charge is -2.25. The minimum atomic E-state index is 0.0152. The number of rotatable bonds is 3. The van der Waals surface area contributed by atoms with Crippen LogP contribution in [0, 0.1) is 5.92 Å². The van der Waals surface area contributed by atoms with Gasteiger partial charge in [-0.25, -0.2) is 0 Å². The number of benzene rings is 1. The maximum atomic E-state index is 11.8. The Balaban J connectivity index is 1.99. The molecule has 0 fully saturated rings. The number of hydrogen-bond donors (Lipinski definition) is 3. The van der Waals surface area contributed by atoms with Crippen molar-refractivity contribution in [1.29, 1.82) is 0 Å². The van der Waals surface area contributed by atoms with Gasteiger partial charge in [-0.05, 0) is 18.1 Å². The van der Waals surface area contributed by atoms with E-state index in [1.807, 2.05) is 18.2 Å². The van der Waals surface area contributed by atoms with E-state index in [-0.39, 0.29) is 11.8 Å². The van der Waals surface area contributed by atoms with E-state index in [1.165, 1.54) is 5.56 Å². The SMILES string of the molecule is NCCNC(=O)C1CNc2ccccc2C1. The normalized spacial score (nSPS) is 18.4. The molecule has 2 rings (SSSR count). The lowest BCUT2D eigenvalue weighted by molar-refractivity contribution is -0.124. The first kappa shape index (κ1) is 11.0. The van der Waals surface area contributed by atoms with Crippen molar-refractivity contribution < 1.29 is 4.79 Å². The van der Waals surface area contributed by atoms with Crippen LogP contribution in [0.2, 0.25) is 0 Å². The van der Waals surface area contributed by atoms with Gasteiger partial charge in [0.25, 0.3) is 0 Å². The minimum Gasteiger partial charge on any atom is -0.384 e. The molecule has 1 aliphatic rings. The molecule has 0 bridgehead atoms. The molecule has 4 nitrogen and oxygen atoms in total. The van der Waals surface area contributed by atoms with Crippen LogP contribution >= 0.6 is 0 Å². The molecule has 1 atom stereocenters. The molecule has 1 aromatic rings. The van der Waals surface area contributed by atoms with Gasteiger partial charge in [-0.15, -0.1) is 0 Å². The number of hydrogen-bond acceptors (Lipinski definition) is 3. The van der Waals surface area contributed by atoms with Gasteiger partial charge < -0.3 is 16.4 Å².